The monoisotopic (exact) mass is 366 g/mol. The Hall–Kier alpha value is -2.90. The molecule has 2 amide bonds. The molecule has 5 rings (SSSR count). The van der Waals surface area contributed by atoms with E-state index in [0.29, 0.717) is 30.9 Å². The van der Waals surface area contributed by atoms with Gasteiger partial charge in [0.1, 0.15) is 11.5 Å². The number of fused-ring (bicyclic) bond motifs is 4. The van der Waals surface area contributed by atoms with Crippen molar-refractivity contribution in [1.82, 2.24) is 29.7 Å². The lowest BCUT2D eigenvalue weighted by Gasteiger charge is -2.36. The lowest BCUT2D eigenvalue weighted by atomic mass is 9.94. The molecule has 2 bridgehead atoms. The summed E-state index contributed by atoms with van der Waals surface area (Å²) >= 11 is 0. The first kappa shape index (κ1) is 17.5. The Balaban J connectivity index is 1.52. The molecule has 3 aliphatic rings. The van der Waals surface area contributed by atoms with Crippen molar-refractivity contribution in [2.24, 2.45) is 5.92 Å². The predicted molar refractivity (Wildman–Crippen MR) is 96.9 cm³/mol. The van der Waals surface area contributed by atoms with E-state index in [1.807, 2.05) is 16.7 Å². The molecule has 3 aliphatic heterocycles. The van der Waals surface area contributed by atoms with Crippen molar-refractivity contribution in [1.29, 1.82) is 0 Å². The zero-order chi connectivity index (χ0) is 18.8. The number of carbonyl (C=O) groups is 2. The molecule has 0 aromatic carbocycles. The van der Waals surface area contributed by atoms with Gasteiger partial charge in [-0.3, -0.25) is 14.6 Å². The van der Waals surface area contributed by atoms with E-state index in [4.69, 9.17) is 0 Å². The van der Waals surface area contributed by atoms with Crippen molar-refractivity contribution in [3.63, 3.8) is 0 Å². The highest BCUT2D eigenvalue weighted by molar-refractivity contribution is 5.94. The maximum atomic E-state index is 13.0. The van der Waals surface area contributed by atoms with Crippen molar-refractivity contribution in [3.05, 3.63) is 48.1 Å². The average Bonchev–Trinajstić information content (AvgIpc) is 3.05. The van der Waals surface area contributed by atoms with Gasteiger partial charge in [0.2, 0.25) is 0 Å². The SMILES string of the molecule is CCc1ncc(C(=O)N2C[C@H]3CC[C@@H]2CN(C(=O)c2cnccn2)C3)cn1. The van der Waals surface area contributed by atoms with Crippen LogP contribution in [0.25, 0.3) is 0 Å². The standard InChI is InChI=1S/C19H22N6O2/c1-2-17-22-7-14(8-23-17)18(26)25-11-13-3-4-15(25)12-24(10-13)19(27)16-9-20-5-6-21-16/h5-9,13,15H,2-4,10-12H2,1H3/t13-,15+/m0/s1. The molecular weight excluding hydrogens is 344 g/mol. The summed E-state index contributed by atoms with van der Waals surface area (Å²) in [7, 11) is 0. The third-order valence-corrected chi connectivity index (χ3v) is 5.31. The van der Waals surface area contributed by atoms with E-state index in [0.717, 1.165) is 25.1 Å². The van der Waals surface area contributed by atoms with Crippen LogP contribution in [-0.4, -0.2) is 67.2 Å². The number of piperidine rings is 1. The molecule has 3 fully saturated rings. The predicted octanol–water partition coefficient (Wildman–Crippen LogP) is 1.21. The molecular formula is C19H22N6O2. The van der Waals surface area contributed by atoms with Gasteiger partial charge in [0.25, 0.3) is 11.8 Å². The minimum absolute atomic E-state index is 0.00252. The minimum atomic E-state index is -0.120. The van der Waals surface area contributed by atoms with Crippen molar-refractivity contribution >= 4 is 11.8 Å². The van der Waals surface area contributed by atoms with Gasteiger partial charge in [-0.05, 0) is 18.8 Å². The topological polar surface area (TPSA) is 92.2 Å². The van der Waals surface area contributed by atoms with Gasteiger partial charge in [-0.15, -0.1) is 0 Å². The molecule has 0 radical (unpaired) electrons. The summed E-state index contributed by atoms with van der Waals surface area (Å²) in [5, 5.41) is 0. The fourth-order valence-electron chi connectivity index (χ4n) is 3.88. The molecule has 27 heavy (non-hydrogen) atoms. The maximum absolute atomic E-state index is 13.0. The summed E-state index contributed by atoms with van der Waals surface area (Å²) in [6, 6.07) is 0.00252. The highest BCUT2D eigenvalue weighted by Gasteiger charge is 2.39. The highest BCUT2D eigenvalue weighted by atomic mass is 16.2. The number of amides is 2. The smallest absolute Gasteiger partial charge is 0.274 e. The van der Waals surface area contributed by atoms with Gasteiger partial charge in [-0.2, -0.15) is 0 Å². The lowest BCUT2D eigenvalue weighted by molar-refractivity contribution is 0.0573. The number of aryl methyl sites for hydroxylation is 1. The second kappa shape index (κ2) is 7.38. The second-order valence-corrected chi connectivity index (χ2v) is 7.10. The maximum Gasteiger partial charge on any atom is 0.274 e. The van der Waals surface area contributed by atoms with Gasteiger partial charge in [-0.1, -0.05) is 6.92 Å². The van der Waals surface area contributed by atoms with Gasteiger partial charge >= 0.3 is 0 Å². The third-order valence-electron chi connectivity index (χ3n) is 5.31. The van der Waals surface area contributed by atoms with E-state index < -0.39 is 0 Å². The Morgan fingerprint density at radius 2 is 1.81 bits per heavy atom. The summed E-state index contributed by atoms with van der Waals surface area (Å²) in [6.45, 7) is 3.79. The number of hydrogen-bond donors (Lipinski definition) is 0. The number of rotatable bonds is 3. The van der Waals surface area contributed by atoms with Crippen LogP contribution < -0.4 is 0 Å². The molecule has 8 nitrogen and oxygen atoms in total. The van der Waals surface area contributed by atoms with Crippen LogP contribution in [0.4, 0.5) is 0 Å². The molecule has 2 aromatic rings. The zero-order valence-corrected chi connectivity index (χ0v) is 15.3. The molecule has 8 heteroatoms. The Labute approximate surface area is 157 Å². The minimum Gasteiger partial charge on any atom is -0.335 e. The van der Waals surface area contributed by atoms with Crippen LogP contribution in [0.3, 0.4) is 0 Å². The quantitative estimate of drug-likeness (QED) is 0.811. The molecule has 140 valence electrons. The fraction of sp³-hybridized carbons (Fsp3) is 0.474. The largest absolute Gasteiger partial charge is 0.335 e. The van der Waals surface area contributed by atoms with E-state index in [9.17, 15) is 9.59 Å². The molecule has 0 N–H and O–H groups in total. The van der Waals surface area contributed by atoms with Gasteiger partial charge in [-0.25, -0.2) is 15.0 Å². The summed E-state index contributed by atoms with van der Waals surface area (Å²) < 4.78 is 0. The number of hydrogen-bond acceptors (Lipinski definition) is 6. The second-order valence-electron chi connectivity index (χ2n) is 7.10. The molecule has 2 aromatic heterocycles. The van der Waals surface area contributed by atoms with Crippen LogP contribution in [0.5, 0.6) is 0 Å². The van der Waals surface area contributed by atoms with Crippen LogP contribution in [0, 0.1) is 5.92 Å². The van der Waals surface area contributed by atoms with Crippen molar-refractivity contribution < 1.29 is 9.59 Å². The van der Waals surface area contributed by atoms with Gasteiger partial charge in [0.05, 0.1) is 11.8 Å². The summed E-state index contributed by atoms with van der Waals surface area (Å²) in [5.41, 5.74) is 0.854. The normalized spacial score (nSPS) is 21.8. The van der Waals surface area contributed by atoms with Crippen LogP contribution in [-0.2, 0) is 6.42 Å². The van der Waals surface area contributed by atoms with E-state index in [-0.39, 0.29) is 23.8 Å². The van der Waals surface area contributed by atoms with Gasteiger partial charge in [0.15, 0.2) is 0 Å². The number of nitrogens with zero attached hydrogens (tertiary/aromatic N) is 6. The molecule has 2 atom stereocenters. The molecule has 0 spiro atoms. The molecule has 0 unspecified atom stereocenters. The van der Waals surface area contributed by atoms with E-state index in [1.165, 1.54) is 12.4 Å². The van der Waals surface area contributed by atoms with E-state index in [1.54, 1.807) is 18.6 Å². The molecule has 0 saturated carbocycles. The van der Waals surface area contributed by atoms with E-state index in [2.05, 4.69) is 19.9 Å². The van der Waals surface area contributed by atoms with E-state index >= 15 is 0 Å². The number of aromatic nitrogens is 4. The Kier molecular flexibility index (Phi) is 4.79. The van der Waals surface area contributed by atoms with Gasteiger partial charge in [0, 0.05) is 56.9 Å². The lowest BCUT2D eigenvalue weighted by Crippen LogP contribution is -2.47. The van der Waals surface area contributed by atoms with Crippen LogP contribution >= 0.6 is 0 Å². The van der Waals surface area contributed by atoms with Crippen LogP contribution in [0.1, 0.15) is 46.4 Å². The Morgan fingerprint density at radius 3 is 2.52 bits per heavy atom. The van der Waals surface area contributed by atoms with Crippen molar-refractivity contribution in [2.45, 2.75) is 32.2 Å². The first-order valence-electron chi connectivity index (χ1n) is 9.33. The number of carbonyl (C=O) groups excluding carboxylic acids is 2. The molecule has 5 heterocycles. The Bertz CT molecular complexity index is 826. The van der Waals surface area contributed by atoms with Crippen molar-refractivity contribution in [3.8, 4) is 0 Å². The van der Waals surface area contributed by atoms with Gasteiger partial charge < -0.3 is 9.80 Å². The molecule has 0 aliphatic carbocycles. The first-order valence-corrected chi connectivity index (χ1v) is 9.33. The average molecular weight is 366 g/mol. The summed E-state index contributed by atoms with van der Waals surface area (Å²) in [4.78, 5) is 46.1. The first-order chi connectivity index (χ1) is 13.2. The highest BCUT2D eigenvalue weighted by Crippen LogP contribution is 2.29. The summed E-state index contributed by atoms with van der Waals surface area (Å²) in [6.07, 6.45) is 10.4. The zero-order valence-electron chi connectivity index (χ0n) is 15.3. The van der Waals surface area contributed by atoms with Crippen LogP contribution in [0.15, 0.2) is 31.0 Å². The fourth-order valence-corrected chi connectivity index (χ4v) is 3.88. The third kappa shape index (κ3) is 3.51. The molecule has 3 saturated heterocycles. The van der Waals surface area contributed by atoms with Crippen LogP contribution in [0.2, 0.25) is 0 Å². The van der Waals surface area contributed by atoms with Crippen molar-refractivity contribution in [2.75, 3.05) is 19.6 Å². The summed E-state index contributed by atoms with van der Waals surface area (Å²) in [5.74, 6) is 0.819. The Morgan fingerprint density at radius 1 is 1.00 bits per heavy atom.